The van der Waals surface area contributed by atoms with Crippen LogP contribution in [0.25, 0.3) is 0 Å². The Morgan fingerprint density at radius 1 is 1.29 bits per heavy atom. The molecule has 0 radical (unpaired) electrons. The number of hydrogen-bond acceptors (Lipinski definition) is 3. The van der Waals surface area contributed by atoms with Gasteiger partial charge >= 0.3 is 12.1 Å². The van der Waals surface area contributed by atoms with E-state index in [9.17, 15) is 9.59 Å². The van der Waals surface area contributed by atoms with E-state index in [1.165, 1.54) is 0 Å². The first-order valence-electron chi connectivity index (χ1n) is 7.05. The van der Waals surface area contributed by atoms with Crippen LogP contribution in [-0.4, -0.2) is 22.8 Å². The van der Waals surface area contributed by atoms with Crippen molar-refractivity contribution in [3.05, 3.63) is 35.4 Å². The number of ether oxygens (including phenoxy) is 1. The number of amides is 1. The van der Waals surface area contributed by atoms with Gasteiger partial charge < -0.3 is 15.2 Å². The highest BCUT2D eigenvalue weighted by Gasteiger charge is 2.43. The summed E-state index contributed by atoms with van der Waals surface area (Å²) in [6.07, 6.45) is 0.268. The number of carboxylic acid groups (broad SMARTS) is 1. The van der Waals surface area contributed by atoms with E-state index in [4.69, 9.17) is 9.84 Å². The molecule has 2 N–H and O–H groups in total. The van der Waals surface area contributed by atoms with Crippen LogP contribution >= 0.6 is 0 Å². The standard InChI is InChI=1S/C16H21NO4/c1-16(2,3)21-15(20)17-9-10-4-6-11(7-5-10)12-8-13(12)14(18)19/h4-7,12-13H,8-9H2,1-3H3,(H,17,20)(H,18,19). The molecule has 1 amide bonds. The van der Waals surface area contributed by atoms with Crippen LogP contribution < -0.4 is 5.32 Å². The van der Waals surface area contributed by atoms with Crippen molar-refractivity contribution in [2.24, 2.45) is 5.92 Å². The summed E-state index contributed by atoms with van der Waals surface area (Å²) in [6.45, 7) is 5.84. The lowest BCUT2D eigenvalue weighted by Gasteiger charge is -2.19. The Morgan fingerprint density at radius 2 is 1.90 bits per heavy atom. The number of nitrogens with one attached hydrogen (secondary N) is 1. The zero-order valence-corrected chi connectivity index (χ0v) is 12.6. The topological polar surface area (TPSA) is 75.6 Å². The lowest BCUT2D eigenvalue weighted by molar-refractivity contribution is -0.138. The molecular weight excluding hydrogens is 270 g/mol. The SMILES string of the molecule is CC(C)(C)OC(=O)NCc1ccc(C2CC2C(=O)O)cc1. The van der Waals surface area contributed by atoms with Gasteiger partial charge in [0.15, 0.2) is 0 Å². The molecule has 1 aliphatic rings. The molecule has 2 rings (SSSR count). The van der Waals surface area contributed by atoms with Gasteiger partial charge in [-0.05, 0) is 44.2 Å². The molecular formula is C16H21NO4. The molecule has 5 nitrogen and oxygen atoms in total. The molecule has 1 aliphatic carbocycles. The van der Waals surface area contributed by atoms with Gasteiger partial charge in [-0.3, -0.25) is 4.79 Å². The largest absolute Gasteiger partial charge is 0.481 e. The summed E-state index contributed by atoms with van der Waals surface area (Å²) in [5.74, 6) is -0.832. The number of carbonyl (C=O) groups excluding carboxylic acids is 1. The average molecular weight is 291 g/mol. The Balaban J connectivity index is 1.83. The van der Waals surface area contributed by atoms with Crippen molar-refractivity contribution in [2.75, 3.05) is 0 Å². The Morgan fingerprint density at radius 3 is 2.38 bits per heavy atom. The van der Waals surface area contributed by atoms with Crippen LogP contribution in [0.5, 0.6) is 0 Å². The van der Waals surface area contributed by atoms with Crippen molar-refractivity contribution in [2.45, 2.75) is 45.3 Å². The number of benzene rings is 1. The Kier molecular flexibility index (Phi) is 4.21. The lowest BCUT2D eigenvalue weighted by Crippen LogP contribution is -2.32. The second-order valence-corrected chi connectivity index (χ2v) is 6.38. The molecule has 1 saturated carbocycles. The maximum Gasteiger partial charge on any atom is 0.407 e. The second-order valence-electron chi connectivity index (χ2n) is 6.38. The second kappa shape index (κ2) is 5.76. The van der Waals surface area contributed by atoms with E-state index in [1.54, 1.807) is 0 Å². The van der Waals surface area contributed by atoms with Crippen molar-refractivity contribution >= 4 is 12.1 Å². The quantitative estimate of drug-likeness (QED) is 0.894. The van der Waals surface area contributed by atoms with Crippen LogP contribution in [0, 0.1) is 5.92 Å². The molecule has 1 fully saturated rings. The highest BCUT2D eigenvalue weighted by molar-refractivity contribution is 5.75. The monoisotopic (exact) mass is 291 g/mol. The first kappa shape index (κ1) is 15.4. The summed E-state index contributed by atoms with van der Waals surface area (Å²) < 4.78 is 5.16. The Bertz CT molecular complexity index is 530. The van der Waals surface area contributed by atoms with Gasteiger partial charge in [0.1, 0.15) is 5.60 Å². The molecule has 1 aromatic rings. The van der Waals surface area contributed by atoms with E-state index < -0.39 is 17.7 Å². The molecule has 0 saturated heterocycles. The summed E-state index contributed by atoms with van der Waals surface area (Å²) in [5.41, 5.74) is 1.49. The number of hydrogen-bond donors (Lipinski definition) is 2. The number of carbonyl (C=O) groups is 2. The first-order valence-corrected chi connectivity index (χ1v) is 7.05. The molecule has 0 aromatic heterocycles. The number of aliphatic carboxylic acids is 1. The summed E-state index contributed by atoms with van der Waals surface area (Å²) in [5, 5.41) is 11.6. The highest BCUT2D eigenvalue weighted by Crippen LogP contribution is 2.47. The summed E-state index contributed by atoms with van der Waals surface area (Å²) >= 11 is 0. The summed E-state index contributed by atoms with van der Waals surface area (Å²) in [7, 11) is 0. The predicted molar refractivity (Wildman–Crippen MR) is 78.0 cm³/mol. The molecule has 21 heavy (non-hydrogen) atoms. The van der Waals surface area contributed by atoms with E-state index >= 15 is 0 Å². The molecule has 0 aliphatic heterocycles. The third kappa shape index (κ3) is 4.48. The summed E-state index contributed by atoms with van der Waals surface area (Å²) in [4.78, 5) is 22.4. The number of alkyl carbamates (subject to hydrolysis) is 1. The normalized spacial score (nSPS) is 20.7. The van der Waals surface area contributed by atoms with Gasteiger partial charge in [-0.1, -0.05) is 24.3 Å². The molecule has 2 unspecified atom stereocenters. The minimum atomic E-state index is -0.726. The maximum absolute atomic E-state index is 11.5. The zero-order chi connectivity index (χ0) is 15.6. The average Bonchev–Trinajstić information content (AvgIpc) is 3.15. The Labute approximate surface area is 124 Å². The van der Waals surface area contributed by atoms with Crippen LogP contribution in [-0.2, 0) is 16.1 Å². The molecule has 1 aromatic carbocycles. The van der Waals surface area contributed by atoms with E-state index in [0.29, 0.717) is 13.0 Å². The van der Waals surface area contributed by atoms with Crippen molar-refractivity contribution < 1.29 is 19.4 Å². The fourth-order valence-corrected chi connectivity index (χ4v) is 2.21. The van der Waals surface area contributed by atoms with Crippen LogP contribution in [0.3, 0.4) is 0 Å². The van der Waals surface area contributed by atoms with Crippen molar-refractivity contribution in [3.8, 4) is 0 Å². The van der Waals surface area contributed by atoms with Crippen molar-refractivity contribution in [1.29, 1.82) is 0 Å². The van der Waals surface area contributed by atoms with Gasteiger partial charge in [0, 0.05) is 6.54 Å². The van der Waals surface area contributed by atoms with E-state index in [-0.39, 0.29) is 11.8 Å². The van der Waals surface area contributed by atoms with E-state index in [1.807, 2.05) is 45.0 Å². The zero-order valence-electron chi connectivity index (χ0n) is 12.6. The fourth-order valence-electron chi connectivity index (χ4n) is 2.21. The van der Waals surface area contributed by atoms with Crippen LogP contribution in [0.4, 0.5) is 4.79 Å². The fraction of sp³-hybridized carbons (Fsp3) is 0.500. The van der Waals surface area contributed by atoms with Crippen molar-refractivity contribution in [1.82, 2.24) is 5.32 Å². The van der Waals surface area contributed by atoms with Gasteiger partial charge in [-0.15, -0.1) is 0 Å². The van der Waals surface area contributed by atoms with Crippen LogP contribution in [0.2, 0.25) is 0 Å². The third-order valence-corrected chi connectivity index (χ3v) is 3.35. The van der Waals surface area contributed by atoms with Crippen molar-refractivity contribution in [3.63, 3.8) is 0 Å². The van der Waals surface area contributed by atoms with Gasteiger partial charge in [0.25, 0.3) is 0 Å². The predicted octanol–water partition coefficient (Wildman–Crippen LogP) is 2.90. The third-order valence-electron chi connectivity index (χ3n) is 3.35. The minimum Gasteiger partial charge on any atom is -0.481 e. The molecule has 0 heterocycles. The first-order chi connectivity index (χ1) is 9.76. The number of carboxylic acids is 1. The van der Waals surface area contributed by atoms with E-state index in [2.05, 4.69) is 5.32 Å². The van der Waals surface area contributed by atoms with Gasteiger partial charge in [-0.25, -0.2) is 4.79 Å². The molecule has 114 valence electrons. The molecule has 5 heteroatoms. The molecule has 2 atom stereocenters. The highest BCUT2D eigenvalue weighted by atomic mass is 16.6. The van der Waals surface area contributed by atoms with Gasteiger partial charge in [0.05, 0.1) is 5.92 Å². The van der Waals surface area contributed by atoms with Gasteiger partial charge in [-0.2, -0.15) is 0 Å². The Hall–Kier alpha value is -2.04. The smallest absolute Gasteiger partial charge is 0.407 e. The minimum absolute atomic E-state index is 0.135. The summed E-state index contributed by atoms with van der Waals surface area (Å²) in [6, 6.07) is 7.67. The van der Waals surface area contributed by atoms with E-state index in [0.717, 1.165) is 11.1 Å². The number of rotatable bonds is 4. The maximum atomic E-state index is 11.5. The van der Waals surface area contributed by atoms with Gasteiger partial charge in [0.2, 0.25) is 0 Å². The molecule has 0 spiro atoms. The lowest BCUT2D eigenvalue weighted by atomic mass is 10.1. The van der Waals surface area contributed by atoms with Crippen LogP contribution in [0.1, 0.15) is 44.2 Å². The molecule has 0 bridgehead atoms. The van der Waals surface area contributed by atoms with Crippen LogP contribution in [0.15, 0.2) is 24.3 Å².